The van der Waals surface area contributed by atoms with Crippen LogP contribution in [-0.4, -0.2) is 14.5 Å². The van der Waals surface area contributed by atoms with E-state index in [0.29, 0.717) is 10.3 Å². The van der Waals surface area contributed by atoms with Crippen molar-refractivity contribution in [1.29, 1.82) is 0 Å². The number of anilines is 1. The summed E-state index contributed by atoms with van der Waals surface area (Å²) >= 11 is 6.78. The zero-order valence-electron chi connectivity index (χ0n) is 9.11. The molecule has 86 valence electrons. The third kappa shape index (κ3) is 1.68. The molecule has 0 aliphatic carbocycles. The summed E-state index contributed by atoms with van der Waals surface area (Å²) in [6.45, 7) is 5.77. The van der Waals surface area contributed by atoms with Gasteiger partial charge in [0.05, 0.1) is 0 Å². The van der Waals surface area contributed by atoms with Gasteiger partial charge in [-0.2, -0.15) is 9.97 Å². The van der Waals surface area contributed by atoms with E-state index in [9.17, 15) is 4.79 Å². The SMILES string of the molecule is CC(C)(C)n1c(=O)sc2c(N)nc(Cl)nc21. The fourth-order valence-corrected chi connectivity index (χ4v) is 2.66. The third-order valence-corrected chi connectivity index (χ3v) is 3.22. The van der Waals surface area contributed by atoms with E-state index >= 15 is 0 Å². The monoisotopic (exact) mass is 258 g/mol. The lowest BCUT2D eigenvalue weighted by atomic mass is 10.1. The van der Waals surface area contributed by atoms with Gasteiger partial charge in [-0.1, -0.05) is 11.3 Å². The topological polar surface area (TPSA) is 73.8 Å². The van der Waals surface area contributed by atoms with E-state index in [1.807, 2.05) is 20.8 Å². The molecular weight excluding hydrogens is 248 g/mol. The van der Waals surface area contributed by atoms with Gasteiger partial charge in [0, 0.05) is 5.54 Å². The van der Waals surface area contributed by atoms with Crippen LogP contribution in [0.2, 0.25) is 5.28 Å². The molecule has 0 unspecified atom stereocenters. The molecule has 0 saturated carbocycles. The van der Waals surface area contributed by atoms with Crippen molar-refractivity contribution >= 4 is 39.1 Å². The molecule has 2 aromatic rings. The number of nitrogens with two attached hydrogens (primary N) is 1. The van der Waals surface area contributed by atoms with Gasteiger partial charge in [0.1, 0.15) is 10.5 Å². The normalized spacial score (nSPS) is 12.2. The summed E-state index contributed by atoms with van der Waals surface area (Å²) in [5, 5.41) is 0.0563. The molecule has 0 radical (unpaired) electrons. The standard InChI is InChI=1S/C9H11ClN4OS/c1-9(2,3)14-6-4(16-8(14)15)5(11)12-7(10)13-6/h1-3H3,(H2,11,12,13). The van der Waals surface area contributed by atoms with E-state index in [2.05, 4.69) is 9.97 Å². The molecular formula is C9H11ClN4OS. The Kier molecular flexibility index (Phi) is 2.43. The smallest absolute Gasteiger partial charge is 0.309 e. The molecule has 0 amide bonds. The quantitative estimate of drug-likeness (QED) is 0.732. The van der Waals surface area contributed by atoms with Crippen molar-refractivity contribution in [3.05, 3.63) is 15.0 Å². The summed E-state index contributed by atoms with van der Waals surface area (Å²) < 4.78 is 2.17. The first-order valence-electron chi connectivity index (χ1n) is 4.66. The summed E-state index contributed by atoms with van der Waals surface area (Å²) in [5.41, 5.74) is 5.84. The number of thiazole rings is 1. The van der Waals surface area contributed by atoms with Gasteiger partial charge in [0.25, 0.3) is 0 Å². The van der Waals surface area contributed by atoms with E-state index in [4.69, 9.17) is 17.3 Å². The molecule has 0 atom stereocenters. The molecule has 0 saturated heterocycles. The molecule has 7 heteroatoms. The van der Waals surface area contributed by atoms with Crippen molar-refractivity contribution in [2.45, 2.75) is 26.3 Å². The number of fused-ring (bicyclic) bond motifs is 1. The second-order valence-corrected chi connectivity index (χ2v) is 5.70. The third-order valence-electron chi connectivity index (χ3n) is 2.10. The van der Waals surface area contributed by atoms with E-state index in [1.54, 1.807) is 4.57 Å². The summed E-state index contributed by atoms with van der Waals surface area (Å²) in [6, 6.07) is 0. The van der Waals surface area contributed by atoms with Gasteiger partial charge in [-0.25, -0.2) is 0 Å². The van der Waals surface area contributed by atoms with Gasteiger partial charge in [-0.3, -0.25) is 9.36 Å². The van der Waals surface area contributed by atoms with E-state index in [-0.39, 0.29) is 21.5 Å². The van der Waals surface area contributed by atoms with Crippen molar-refractivity contribution < 1.29 is 0 Å². The summed E-state index contributed by atoms with van der Waals surface area (Å²) in [7, 11) is 0. The molecule has 5 nitrogen and oxygen atoms in total. The molecule has 0 spiro atoms. The average Bonchev–Trinajstić information content (AvgIpc) is 2.40. The highest BCUT2D eigenvalue weighted by Crippen LogP contribution is 2.26. The Labute approximate surface area is 101 Å². The molecule has 0 aromatic carbocycles. The largest absolute Gasteiger partial charge is 0.382 e. The lowest BCUT2D eigenvalue weighted by Crippen LogP contribution is -2.30. The molecule has 0 aliphatic rings. The van der Waals surface area contributed by atoms with Crippen LogP contribution in [-0.2, 0) is 5.54 Å². The second-order valence-electron chi connectivity index (χ2n) is 4.40. The minimum absolute atomic E-state index is 0.0563. The predicted octanol–water partition coefficient (Wildman–Crippen LogP) is 1.84. The number of nitrogens with zero attached hydrogens (tertiary/aromatic N) is 3. The van der Waals surface area contributed by atoms with Crippen molar-refractivity contribution in [1.82, 2.24) is 14.5 Å². The van der Waals surface area contributed by atoms with Crippen LogP contribution in [0.3, 0.4) is 0 Å². The van der Waals surface area contributed by atoms with Gasteiger partial charge in [0.15, 0.2) is 5.65 Å². The van der Waals surface area contributed by atoms with Gasteiger partial charge >= 0.3 is 4.87 Å². The summed E-state index contributed by atoms with van der Waals surface area (Å²) in [4.78, 5) is 19.7. The van der Waals surface area contributed by atoms with Crippen LogP contribution in [0.5, 0.6) is 0 Å². The van der Waals surface area contributed by atoms with Crippen LogP contribution in [0, 0.1) is 0 Å². The molecule has 0 fully saturated rings. The molecule has 2 N–H and O–H groups in total. The minimum Gasteiger partial charge on any atom is -0.382 e. The maximum atomic E-state index is 11.9. The fraction of sp³-hybridized carbons (Fsp3) is 0.444. The Morgan fingerprint density at radius 1 is 1.38 bits per heavy atom. The number of hydrogen-bond donors (Lipinski definition) is 1. The molecule has 2 aromatic heterocycles. The molecule has 2 rings (SSSR count). The van der Waals surface area contributed by atoms with Gasteiger partial charge in [-0.15, -0.1) is 0 Å². The first-order valence-corrected chi connectivity index (χ1v) is 5.85. The molecule has 2 heterocycles. The number of aromatic nitrogens is 3. The van der Waals surface area contributed by atoms with Crippen LogP contribution in [0.25, 0.3) is 10.3 Å². The van der Waals surface area contributed by atoms with Gasteiger partial charge < -0.3 is 5.73 Å². The molecule has 0 bridgehead atoms. The average molecular weight is 259 g/mol. The van der Waals surface area contributed by atoms with Crippen LogP contribution in [0.1, 0.15) is 20.8 Å². The van der Waals surface area contributed by atoms with E-state index in [0.717, 1.165) is 11.3 Å². The van der Waals surface area contributed by atoms with Crippen molar-refractivity contribution in [2.24, 2.45) is 0 Å². The number of rotatable bonds is 0. The Balaban J connectivity index is 2.95. The van der Waals surface area contributed by atoms with E-state index < -0.39 is 0 Å². The van der Waals surface area contributed by atoms with Crippen molar-refractivity contribution in [3.8, 4) is 0 Å². The Hall–Kier alpha value is -1.14. The zero-order chi connectivity index (χ0) is 12.1. The predicted molar refractivity (Wildman–Crippen MR) is 66.1 cm³/mol. The lowest BCUT2D eigenvalue weighted by Gasteiger charge is -2.20. The van der Waals surface area contributed by atoms with Crippen LogP contribution >= 0.6 is 22.9 Å². The van der Waals surface area contributed by atoms with Crippen LogP contribution in [0.4, 0.5) is 5.82 Å². The summed E-state index contributed by atoms with van der Waals surface area (Å²) in [6.07, 6.45) is 0. The highest BCUT2D eigenvalue weighted by atomic mass is 35.5. The van der Waals surface area contributed by atoms with Crippen molar-refractivity contribution in [3.63, 3.8) is 0 Å². The van der Waals surface area contributed by atoms with Gasteiger partial charge in [-0.05, 0) is 32.4 Å². The lowest BCUT2D eigenvalue weighted by molar-refractivity contribution is 0.401. The van der Waals surface area contributed by atoms with E-state index in [1.165, 1.54) is 0 Å². The molecule has 0 aliphatic heterocycles. The Morgan fingerprint density at radius 2 is 2.00 bits per heavy atom. The maximum absolute atomic E-state index is 11.9. The first-order chi connectivity index (χ1) is 7.30. The number of hydrogen-bond acceptors (Lipinski definition) is 5. The Morgan fingerprint density at radius 3 is 2.56 bits per heavy atom. The summed E-state index contributed by atoms with van der Waals surface area (Å²) in [5.74, 6) is 0.250. The van der Waals surface area contributed by atoms with Crippen LogP contribution in [0.15, 0.2) is 4.79 Å². The van der Waals surface area contributed by atoms with Crippen molar-refractivity contribution in [2.75, 3.05) is 5.73 Å². The zero-order valence-corrected chi connectivity index (χ0v) is 10.7. The molecule has 16 heavy (non-hydrogen) atoms. The van der Waals surface area contributed by atoms with Gasteiger partial charge in [0.2, 0.25) is 5.28 Å². The maximum Gasteiger partial charge on any atom is 0.309 e. The number of nitrogen functional groups attached to an aromatic ring is 1. The minimum atomic E-state index is -0.362. The number of halogens is 1. The van der Waals surface area contributed by atoms with Crippen LogP contribution < -0.4 is 10.6 Å². The highest BCUT2D eigenvalue weighted by Gasteiger charge is 2.22. The highest BCUT2D eigenvalue weighted by molar-refractivity contribution is 7.17. The fourth-order valence-electron chi connectivity index (χ4n) is 1.49. The first kappa shape index (κ1) is 11.3. The Bertz CT molecular complexity index is 610. The second kappa shape index (κ2) is 3.43.